The maximum absolute atomic E-state index is 12.3. The number of nitrogens with one attached hydrogen (secondary N) is 1. The van der Waals surface area contributed by atoms with Crippen molar-refractivity contribution in [1.29, 1.82) is 0 Å². The predicted molar refractivity (Wildman–Crippen MR) is 95.7 cm³/mol. The Morgan fingerprint density at radius 3 is 2.58 bits per heavy atom. The number of ketones is 1. The second kappa shape index (κ2) is 7.13. The molecule has 0 aliphatic heterocycles. The molecule has 122 valence electrons. The normalized spacial score (nSPS) is 10.7. The van der Waals surface area contributed by atoms with Gasteiger partial charge in [0, 0.05) is 24.0 Å². The quantitative estimate of drug-likeness (QED) is 0.550. The standard InChI is InChI=1S/C20H19NO3/c1-2-14-7-9-16(10-8-14)21-12-11-18(22)17-13-15-5-3-4-6-19(15)24-20(17)23/h3-10,13,21H,2,11-12H2,1H3. The molecule has 4 nitrogen and oxygen atoms in total. The largest absolute Gasteiger partial charge is 0.422 e. The lowest BCUT2D eigenvalue weighted by Gasteiger charge is -2.07. The first-order chi connectivity index (χ1) is 11.7. The Balaban J connectivity index is 1.66. The molecule has 4 heteroatoms. The van der Waals surface area contributed by atoms with Gasteiger partial charge in [-0.1, -0.05) is 37.3 Å². The van der Waals surface area contributed by atoms with E-state index in [0.717, 1.165) is 17.5 Å². The van der Waals surface area contributed by atoms with Crippen molar-refractivity contribution in [1.82, 2.24) is 0 Å². The maximum Gasteiger partial charge on any atom is 0.347 e. The summed E-state index contributed by atoms with van der Waals surface area (Å²) in [5.74, 6) is -0.216. The highest BCUT2D eigenvalue weighted by molar-refractivity contribution is 5.98. The van der Waals surface area contributed by atoms with Crippen LogP contribution in [0, 0.1) is 0 Å². The van der Waals surface area contributed by atoms with E-state index in [1.54, 1.807) is 18.2 Å². The second-order valence-corrected chi connectivity index (χ2v) is 5.64. The predicted octanol–water partition coefficient (Wildman–Crippen LogP) is 4.04. The monoisotopic (exact) mass is 321 g/mol. The van der Waals surface area contributed by atoms with E-state index in [-0.39, 0.29) is 17.8 Å². The second-order valence-electron chi connectivity index (χ2n) is 5.64. The van der Waals surface area contributed by atoms with E-state index < -0.39 is 5.63 Å². The van der Waals surface area contributed by atoms with E-state index in [2.05, 4.69) is 24.4 Å². The van der Waals surface area contributed by atoms with Gasteiger partial charge in [0.25, 0.3) is 0 Å². The molecule has 0 radical (unpaired) electrons. The van der Waals surface area contributed by atoms with Crippen molar-refractivity contribution in [3.63, 3.8) is 0 Å². The van der Waals surface area contributed by atoms with Gasteiger partial charge in [-0.3, -0.25) is 4.79 Å². The third-order valence-electron chi connectivity index (χ3n) is 3.99. The Kier molecular flexibility index (Phi) is 4.75. The van der Waals surface area contributed by atoms with Crippen LogP contribution in [0.3, 0.4) is 0 Å². The molecular formula is C20H19NO3. The molecule has 3 rings (SSSR count). The molecule has 0 aliphatic rings. The van der Waals surface area contributed by atoms with Crippen LogP contribution in [-0.4, -0.2) is 12.3 Å². The third kappa shape index (κ3) is 3.54. The van der Waals surface area contributed by atoms with Gasteiger partial charge in [-0.2, -0.15) is 0 Å². The van der Waals surface area contributed by atoms with Crippen molar-refractivity contribution < 1.29 is 9.21 Å². The number of hydrogen-bond acceptors (Lipinski definition) is 4. The minimum atomic E-state index is -0.578. The molecule has 0 atom stereocenters. The van der Waals surface area contributed by atoms with Crippen molar-refractivity contribution in [3.05, 3.63) is 76.1 Å². The zero-order valence-electron chi connectivity index (χ0n) is 13.5. The van der Waals surface area contributed by atoms with Crippen LogP contribution in [0.5, 0.6) is 0 Å². The molecule has 0 amide bonds. The highest BCUT2D eigenvalue weighted by Gasteiger charge is 2.13. The first-order valence-electron chi connectivity index (χ1n) is 8.06. The number of carbonyl (C=O) groups excluding carboxylic acids is 1. The molecule has 0 spiro atoms. The summed E-state index contributed by atoms with van der Waals surface area (Å²) >= 11 is 0. The average molecular weight is 321 g/mol. The lowest BCUT2D eigenvalue weighted by atomic mass is 10.1. The van der Waals surface area contributed by atoms with Crippen LogP contribution in [0.2, 0.25) is 0 Å². The fourth-order valence-corrected chi connectivity index (χ4v) is 2.57. The van der Waals surface area contributed by atoms with Crippen LogP contribution in [0.15, 0.2) is 63.8 Å². The highest BCUT2D eigenvalue weighted by Crippen LogP contribution is 2.14. The lowest BCUT2D eigenvalue weighted by Crippen LogP contribution is -2.16. The molecule has 0 aliphatic carbocycles. The van der Waals surface area contributed by atoms with Gasteiger partial charge >= 0.3 is 5.63 Å². The molecule has 0 saturated carbocycles. The van der Waals surface area contributed by atoms with Crippen LogP contribution in [0.1, 0.15) is 29.3 Å². The number of hydrogen-bond donors (Lipinski definition) is 1. The van der Waals surface area contributed by atoms with E-state index in [4.69, 9.17) is 4.42 Å². The van der Waals surface area contributed by atoms with Crippen LogP contribution >= 0.6 is 0 Å². The Labute approximate surface area is 140 Å². The highest BCUT2D eigenvalue weighted by atomic mass is 16.4. The number of carbonyl (C=O) groups is 1. The fourth-order valence-electron chi connectivity index (χ4n) is 2.57. The number of rotatable bonds is 6. The summed E-state index contributed by atoms with van der Waals surface area (Å²) in [6, 6.07) is 16.9. The Morgan fingerprint density at radius 2 is 1.83 bits per heavy atom. The molecule has 2 aromatic carbocycles. The lowest BCUT2D eigenvalue weighted by molar-refractivity contribution is 0.0983. The summed E-state index contributed by atoms with van der Waals surface area (Å²) in [5, 5.41) is 3.95. The summed E-state index contributed by atoms with van der Waals surface area (Å²) in [6.07, 6.45) is 1.23. The van der Waals surface area contributed by atoms with Crippen molar-refractivity contribution in [2.24, 2.45) is 0 Å². The molecule has 24 heavy (non-hydrogen) atoms. The minimum absolute atomic E-state index is 0.108. The summed E-state index contributed by atoms with van der Waals surface area (Å²) in [4.78, 5) is 24.3. The summed E-state index contributed by atoms with van der Waals surface area (Å²) in [6.45, 7) is 2.58. The topological polar surface area (TPSA) is 59.3 Å². The van der Waals surface area contributed by atoms with Crippen LogP contribution < -0.4 is 10.9 Å². The molecule has 1 aromatic heterocycles. The number of aryl methyl sites for hydroxylation is 1. The van der Waals surface area contributed by atoms with Gasteiger partial charge in [0.2, 0.25) is 0 Å². The van der Waals surface area contributed by atoms with E-state index >= 15 is 0 Å². The van der Waals surface area contributed by atoms with Gasteiger partial charge in [0.1, 0.15) is 11.1 Å². The number of benzene rings is 2. The van der Waals surface area contributed by atoms with E-state index in [9.17, 15) is 9.59 Å². The van der Waals surface area contributed by atoms with Crippen molar-refractivity contribution in [2.75, 3.05) is 11.9 Å². The van der Waals surface area contributed by atoms with Crippen LogP contribution in [-0.2, 0) is 6.42 Å². The number of fused-ring (bicyclic) bond motifs is 1. The summed E-state index contributed by atoms with van der Waals surface area (Å²) < 4.78 is 5.21. The molecule has 1 N–H and O–H groups in total. The Hall–Kier alpha value is -2.88. The van der Waals surface area contributed by atoms with Crippen molar-refractivity contribution >= 4 is 22.4 Å². The number of Topliss-reactive ketones (excluding diaryl/α,β-unsaturated/α-hetero) is 1. The Bertz CT molecular complexity index is 910. The molecule has 0 unspecified atom stereocenters. The van der Waals surface area contributed by atoms with E-state index in [1.807, 2.05) is 24.3 Å². The average Bonchev–Trinajstić information content (AvgIpc) is 2.61. The number of anilines is 1. The zero-order chi connectivity index (χ0) is 16.9. The first kappa shape index (κ1) is 16.0. The van der Waals surface area contributed by atoms with Gasteiger partial charge in [-0.05, 0) is 36.2 Å². The zero-order valence-corrected chi connectivity index (χ0v) is 13.5. The smallest absolute Gasteiger partial charge is 0.347 e. The van der Waals surface area contributed by atoms with E-state index in [1.165, 1.54) is 5.56 Å². The minimum Gasteiger partial charge on any atom is -0.422 e. The SMILES string of the molecule is CCc1ccc(NCCC(=O)c2cc3ccccc3oc2=O)cc1. The Morgan fingerprint density at radius 1 is 1.08 bits per heavy atom. The maximum atomic E-state index is 12.3. The van der Waals surface area contributed by atoms with Gasteiger partial charge in [0.15, 0.2) is 5.78 Å². The fraction of sp³-hybridized carbons (Fsp3) is 0.200. The van der Waals surface area contributed by atoms with Crippen LogP contribution in [0.25, 0.3) is 11.0 Å². The van der Waals surface area contributed by atoms with Gasteiger partial charge in [-0.25, -0.2) is 4.79 Å². The van der Waals surface area contributed by atoms with Gasteiger partial charge in [0.05, 0.1) is 0 Å². The van der Waals surface area contributed by atoms with E-state index in [0.29, 0.717) is 12.1 Å². The van der Waals surface area contributed by atoms with Crippen molar-refractivity contribution in [2.45, 2.75) is 19.8 Å². The van der Waals surface area contributed by atoms with Crippen LogP contribution in [0.4, 0.5) is 5.69 Å². The molecule has 0 bridgehead atoms. The molecule has 0 fully saturated rings. The first-order valence-corrected chi connectivity index (χ1v) is 8.06. The summed E-state index contributed by atoms with van der Waals surface area (Å²) in [5.41, 5.74) is 2.26. The molecular weight excluding hydrogens is 302 g/mol. The molecule has 0 saturated heterocycles. The number of para-hydroxylation sites is 1. The summed E-state index contributed by atoms with van der Waals surface area (Å²) in [7, 11) is 0. The van der Waals surface area contributed by atoms with Crippen molar-refractivity contribution in [3.8, 4) is 0 Å². The molecule has 1 heterocycles. The van der Waals surface area contributed by atoms with Gasteiger partial charge in [-0.15, -0.1) is 0 Å². The third-order valence-corrected chi connectivity index (χ3v) is 3.99. The molecule has 3 aromatic rings. The van der Waals surface area contributed by atoms with Gasteiger partial charge < -0.3 is 9.73 Å².